The van der Waals surface area contributed by atoms with E-state index < -0.39 is 12.0 Å². The van der Waals surface area contributed by atoms with Crippen molar-refractivity contribution in [2.45, 2.75) is 45.1 Å². The van der Waals surface area contributed by atoms with Gasteiger partial charge in [-0.3, -0.25) is 4.79 Å². The minimum Gasteiger partial charge on any atom is -0.467 e. The predicted molar refractivity (Wildman–Crippen MR) is 80.5 cm³/mol. The Kier molecular flexibility index (Phi) is 4.99. The minimum absolute atomic E-state index is 0.0542. The highest BCUT2D eigenvalue weighted by Gasteiger charge is 2.37. The van der Waals surface area contributed by atoms with Crippen molar-refractivity contribution in [3.63, 3.8) is 0 Å². The number of nitrogens with one attached hydrogen (secondary N) is 1. The summed E-state index contributed by atoms with van der Waals surface area (Å²) in [6, 6.07) is 8.49. The lowest BCUT2D eigenvalue weighted by atomic mass is 9.75. The lowest BCUT2D eigenvalue weighted by Gasteiger charge is -2.33. The summed E-state index contributed by atoms with van der Waals surface area (Å²) in [7, 11) is 1.34. The van der Waals surface area contributed by atoms with Crippen molar-refractivity contribution >= 4 is 11.9 Å². The summed E-state index contributed by atoms with van der Waals surface area (Å²) >= 11 is 0. The van der Waals surface area contributed by atoms with Gasteiger partial charge in [0, 0.05) is 5.41 Å². The number of methoxy groups -OCH3 is 1. The van der Waals surface area contributed by atoms with Crippen LogP contribution in [0, 0.1) is 5.41 Å². The first-order valence-electron chi connectivity index (χ1n) is 7.50. The van der Waals surface area contributed by atoms with E-state index in [9.17, 15) is 9.59 Å². The molecule has 1 aliphatic carbocycles. The smallest absolute Gasteiger partial charge is 0.333 e. The number of carbonyl (C=O) groups is 2. The number of hydrogen-bond acceptors (Lipinski definition) is 3. The second-order valence-electron chi connectivity index (χ2n) is 5.96. The topological polar surface area (TPSA) is 55.4 Å². The summed E-state index contributed by atoms with van der Waals surface area (Å²) in [5.74, 6) is -0.490. The number of carbonyl (C=O) groups excluding carboxylic acids is 2. The van der Waals surface area contributed by atoms with Crippen LogP contribution in [0.25, 0.3) is 0 Å². The molecule has 1 aromatic carbocycles. The molecule has 1 atom stereocenters. The van der Waals surface area contributed by atoms with Gasteiger partial charge in [0.15, 0.2) is 6.04 Å². The molecule has 0 radical (unpaired) electrons. The van der Waals surface area contributed by atoms with Gasteiger partial charge >= 0.3 is 5.97 Å². The highest BCUT2D eigenvalue weighted by Crippen LogP contribution is 2.36. The van der Waals surface area contributed by atoms with E-state index >= 15 is 0 Å². The van der Waals surface area contributed by atoms with Crippen LogP contribution in [0.5, 0.6) is 0 Å². The van der Waals surface area contributed by atoms with Crippen LogP contribution in [0.4, 0.5) is 0 Å². The maximum atomic E-state index is 12.6. The standard InChI is InChI=1S/C17H23NO3/c1-17(11-7-4-8-12-17)16(20)18-14(15(19)21-2)13-9-5-3-6-10-13/h3,5-6,9-10,14H,4,7-8,11-12H2,1-2H3,(H,18,20). The molecule has 4 nitrogen and oxygen atoms in total. The Hall–Kier alpha value is -1.84. The molecular formula is C17H23NO3. The maximum absolute atomic E-state index is 12.6. The molecule has 1 amide bonds. The number of esters is 1. The quantitative estimate of drug-likeness (QED) is 0.867. The molecule has 4 heteroatoms. The normalized spacial score (nSPS) is 18.6. The largest absolute Gasteiger partial charge is 0.467 e. The van der Waals surface area contributed by atoms with E-state index in [-0.39, 0.29) is 11.3 Å². The summed E-state index contributed by atoms with van der Waals surface area (Å²) < 4.78 is 4.83. The Morgan fingerprint density at radius 1 is 1.14 bits per heavy atom. The Balaban J connectivity index is 2.15. The van der Waals surface area contributed by atoms with Gasteiger partial charge < -0.3 is 10.1 Å². The third kappa shape index (κ3) is 3.63. The van der Waals surface area contributed by atoms with Crippen LogP contribution in [0.15, 0.2) is 30.3 Å². The minimum atomic E-state index is -0.734. The van der Waals surface area contributed by atoms with Crippen molar-refractivity contribution in [3.8, 4) is 0 Å². The van der Waals surface area contributed by atoms with Crippen LogP contribution in [0.2, 0.25) is 0 Å². The Morgan fingerprint density at radius 2 is 1.76 bits per heavy atom. The first-order chi connectivity index (χ1) is 10.1. The molecule has 1 aliphatic rings. The SMILES string of the molecule is COC(=O)C(NC(=O)C1(C)CCCCC1)c1ccccc1. The maximum Gasteiger partial charge on any atom is 0.333 e. The molecule has 0 spiro atoms. The average molecular weight is 289 g/mol. The van der Waals surface area contributed by atoms with Gasteiger partial charge in [0.05, 0.1) is 7.11 Å². The summed E-state index contributed by atoms with van der Waals surface area (Å²) in [6.45, 7) is 1.99. The van der Waals surface area contributed by atoms with Crippen LogP contribution < -0.4 is 5.32 Å². The van der Waals surface area contributed by atoms with E-state index in [1.165, 1.54) is 13.5 Å². The number of amides is 1. The molecule has 1 N–H and O–H groups in total. The molecule has 114 valence electrons. The molecule has 0 bridgehead atoms. The third-order valence-electron chi connectivity index (χ3n) is 4.35. The van der Waals surface area contributed by atoms with Crippen LogP contribution in [-0.2, 0) is 14.3 Å². The van der Waals surface area contributed by atoms with Gasteiger partial charge in [-0.25, -0.2) is 4.79 Å². The molecule has 1 saturated carbocycles. The second-order valence-corrected chi connectivity index (χ2v) is 5.96. The number of hydrogen-bond donors (Lipinski definition) is 1. The summed E-state index contributed by atoms with van der Waals surface area (Å²) in [5.41, 5.74) is 0.372. The van der Waals surface area contributed by atoms with Crippen LogP contribution in [0.3, 0.4) is 0 Å². The van der Waals surface area contributed by atoms with Gasteiger partial charge in [-0.05, 0) is 18.4 Å². The van der Waals surface area contributed by atoms with Crippen molar-refractivity contribution in [1.29, 1.82) is 0 Å². The molecular weight excluding hydrogens is 266 g/mol. The van der Waals surface area contributed by atoms with Crippen molar-refractivity contribution in [2.24, 2.45) is 5.41 Å². The van der Waals surface area contributed by atoms with Crippen molar-refractivity contribution < 1.29 is 14.3 Å². The van der Waals surface area contributed by atoms with Gasteiger partial charge in [-0.15, -0.1) is 0 Å². The van der Waals surface area contributed by atoms with E-state index in [1.807, 2.05) is 37.3 Å². The molecule has 2 rings (SSSR count). The monoisotopic (exact) mass is 289 g/mol. The van der Waals surface area contributed by atoms with Gasteiger partial charge in [0.1, 0.15) is 0 Å². The van der Waals surface area contributed by atoms with Gasteiger partial charge in [-0.1, -0.05) is 56.5 Å². The summed E-state index contributed by atoms with van der Waals surface area (Å²) in [6.07, 6.45) is 5.07. The zero-order chi connectivity index (χ0) is 15.3. The Bertz CT molecular complexity index is 492. The highest BCUT2D eigenvalue weighted by molar-refractivity contribution is 5.88. The zero-order valence-electron chi connectivity index (χ0n) is 12.7. The molecule has 1 unspecified atom stereocenters. The van der Waals surface area contributed by atoms with Gasteiger partial charge in [0.2, 0.25) is 5.91 Å². The van der Waals surface area contributed by atoms with Crippen molar-refractivity contribution in [3.05, 3.63) is 35.9 Å². The first-order valence-corrected chi connectivity index (χ1v) is 7.50. The van der Waals surface area contributed by atoms with Crippen molar-refractivity contribution in [1.82, 2.24) is 5.32 Å². The van der Waals surface area contributed by atoms with Crippen LogP contribution in [0.1, 0.15) is 50.6 Å². The van der Waals surface area contributed by atoms with E-state index in [4.69, 9.17) is 4.74 Å². The molecule has 0 heterocycles. The fourth-order valence-corrected chi connectivity index (χ4v) is 2.91. The number of rotatable bonds is 4. The molecule has 0 saturated heterocycles. The lowest BCUT2D eigenvalue weighted by Crippen LogP contribution is -2.44. The zero-order valence-corrected chi connectivity index (χ0v) is 12.7. The Morgan fingerprint density at radius 3 is 2.33 bits per heavy atom. The predicted octanol–water partition coefficient (Wildman–Crippen LogP) is 2.99. The highest BCUT2D eigenvalue weighted by atomic mass is 16.5. The molecule has 1 aromatic rings. The molecule has 0 aromatic heterocycles. The average Bonchev–Trinajstić information content (AvgIpc) is 2.53. The number of ether oxygens (including phenoxy) is 1. The molecule has 0 aliphatic heterocycles. The van der Waals surface area contributed by atoms with Crippen molar-refractivity contribution in [2.75, 3.05) is 7.11 Å². The molecule has 1 fully saturated rings. The first kappa shape index (κ1) is 15.5. The van der Waals surface area contributed by atoms with Crippen LogP contribution in [-0.4, -0.2) is 19.0 Å². The van der Waals surface area contributed by atoms with Crippen LogP contribution >= 0.6 is 0 Å². The number of benzene rings is 1. The summed E-state index contributed by atoms with van der Waals surface area (Å²) in [4.78, 5) is 24.6. The fourth-order valence-electron chi connectivity index (χ4n) is 2.91. The molecule has 21 heavy (non-hydrogen) atoms. The van der Waals surface area contributed by atoms with E-state index in [1.54, 1.807) is 0 Å². The van der Waals surface area contributed by atoms with E-state index in [0.717, 1.165) is 31.2 Å². The lowest BCUT2D eigenvalue weighted by molar-refractivity contribution is -0.147. The van der Waals surface area contributed by atoms with Gasteiger partial charge in [0.25, 0.3) is 0 Å². The summed E-state index contributed by atoms with van der Waals surface area (Å²) in [5, 5.41) is 2.88. The van der Waals surface area contributed by atoms with E-state index in [0.29, 0.717) is 0 Å². The van der Waals surface area contributed by atoms with Gasteiger partial charge in [-0.2, -0.15) is 0 Å². The Labute approximate surface area is 125 Å². The second kappa shape index (κ2) is 6.74. The van der Waals surface area contributed by atoms with E-state index in [2.05, 4.69) is 5.32 Å². The fraction of sp³-hybridized carbons (Fsp3) is 0.529. The third-order valence-corrected chi connectivity index (χ3v) is 4.35.